The van der Waals surface area contributed by atoms with Crippen molar-refractivity contribution >= 4 is 24.0 Å². The van der Waals surface area contributed by atoms with Crippen LogP contribution in [0, 0.1) is 0 Å². The molecule has 7 nitrogen and oxygen atoms in total. The smallest absolute Gasteiger partial charge is 0.238 e. The standard InChI is InChI=1S/C14H16N4O3.ClH/c15-7-13(19)16-10-3-5-11(6-4-10)20-8-12-17-14(21-18-12)9-1-2-9;/h3-6,9H,1-2,7-8,15H2,(H,16,19);1H. The zero-order chi connectivity index (χ0) is 14.7. The maximum Gasteiger partial charge on any atom is 0.238 e. The summed E-state index contributed by atoms with van der Waals surface area (Å²) in [6.07, 6.45) is 2.25. The highest BCUT2D eigenvalue weighted by molar-refractivity contribution is 5.92. The average molecular weight is 325 g/mol. The first-order valence-electron chi connectivity index (χ1n) is 6.80. The van der Waals surface area contributed by atoms with Crippen molar-refractivity contribution in [2.45, 2.75) is 25.4 Å². The van der Waals surface area contributed by atoms with Crippen molar-refractivity contribution in [2.24, 2.45) is 5.73 Å². The number of aromatic nitrogens is 2. The first-order chi connectivity index (χ1) is 10.2. The third-order valence-electron chi connectivity index (χ3n) is 3.10. The summed E-state index contributed by atoms with van der Waals surface area (Å²) in [5.41, 5.74) is 5.90. The van der Waals surface area contributed by atoms with Gasteiger partial charge in [-0.25, -0.2) is 0 Å². The summed E-state index contributed by atoms with van der Waals surface area (Å²) >= 11 is 0. The molecule has 0 radical (unpaired) electrons. The molecule has 1 aliphatic carbocycles. The summed E-state index contributed by atoms with van der Waals surface area (Å²) in [7, 11) is 0. The van der Waals surface area contributed by atoms with Crippen molar-refractivity contribution in [1.29, 1.82) is 0 Å². The summed E-state index contributed by atoms with van der Waals surface area (Å²) in [5, 5.41) is 6.53. The molecule has 118 valence electrons. The second kappa shape index (κ2) is 7.24. The predicted molar refractivity (Wildman–Crippen MR) is 82.0 cm³/mol. The van der Waals surface area contributed by atoms with Crippen LogP contribution in [0.5, 0.6) is 5.75 Å². The Kier molecular flexibility index (Phi) is 5.35. The van der Waals surface area contributed by atoms with E-state index in [0.717, 1.165) is 12.8 Å². The lowest BCUT2D eigenvalue weighted by Crippen LogP contribution is -2.21. The van der Waals surface area contributed by atoms with E-state index in [-0.39, 0.29) is 31.5 Å². The number of nitrogens with two attached hydrogens (primary N) is 1. The normalized spacial score (nSPS) is 13.3. The summed E-state index contributed by atoms with van der Waals surface area (Å²) in [4.78, 5) is 15.4. The Balaban J connectivity index is 0.00000176. The fourth-order valence-corrected chi connectivity index (χ4v) is 1.82. The highest BCUT2D eigenvalue weighted by Gasteiger charge is 2.29. The van der Waals surface area contributed by atoms with Crippen molar-refractivity contribution in [3.05, 3.63) is 36.0 Å². The van der Waals surface area contributed by atoms with Gasteiger partial charge in [-0.3, -0.25) is 4.79 Å². The molecule has 3 rings (SSSR count). The number of halogens is 1. The van der Waals surface area contributed by atoms with Crippen LogP contribution in [0.4, 0.5) is 5.69 Å². The molecule has 1 aliphatic rings. The molecular formula is C14H17ClN4O3. The molecule has 0 spiro atoms. The quantitative estimate of drug-likeness (QED) is 0.840. The molecule has 8 heteroatoms. The third kappa shape index (κ3) is 4.19. The van der Waals surface area contributed by atoms with E-state index in [0.29, 0.717) is 29.1 Å². The molecule has 1 aromatic heterocycles. The van der Waals surface area contributed by atoms with Crippen LogP contribution >= 0.6 is 12.4 Å². The van der Waals surface area contributed by atoms with E-state index in [4.69, 9.17) is 15.0 Å². The van der Waals surface area contributed by atoms with Gasteiger partial charge in [0.1, 0.15) is 5.75 Å². The van der Waals surface area contributed by atoms with Crippen LogP contribution in [0.25, 0.3) is 0 Å². The third-order valence-corrected chi connectivity index (χ3v) is 3.10. The number of benzene rings is 1. The number of anilines is 1. The van der Waals surface area contributed by atoms with Gasteiger partial charge in [0.15, 0.2) is 6.61 Å². The van der Waals surface area contributed by atoms with E-state index in [9.17, 15) is 4.79 Å². The SMILES string of the molecule is Cl.NCC(=O)Nc1ccc(OCc2noc(C3CC3)n2)cc1. The van der Waals surface area contributed by atoms with E-state index in [2.05, 4.69) is 15.5 Å². The number of carbonyl (C=O) groups excluding carboxylic acids is 1. The Hall–Kier alpha value is -2.12. The summed E-state index contributed by atoms with van der Waals surface area (Å²) in [6.45, 7) is 0.212. The number of ether oxygens (including phenoxy) is 1. The number of amides is 1. The zero-order valence-corrected chi connectivity index (χ0v) is 12.6. The number of nitrogens with one attached hydrogen (secondary N) is 1. The van der Waals surface area contributed by atoms with Gasteiger partial charge in [0.2, 0.25) is 17.6 Å². The molecule has 1 aromatic carbocycles. The molecule has 1 heterocycles. The maximum atomic E-state index is 11.1. The molecule has 2 aromatic rings. The van der Waals surface area contributed by atoms with Gasteiger partial charge >= 0.3 is 0 Å². The molecular weight excluding hydrogens is 308 g/mol. The van der Waals surface area contributed by atoms with Crippen LogP contribution in [-0.2, 0) is 11.4 Å². The number of rotatable bonds is 6. The lowest BCUT2D eigenvalue weighted by atomic mass is 10.3. The van der Waals surface area contributed by atoms with E-state index >= 15 is 0 Å². The minimum atomic E-state index is -0.233. The predicted octanol–water partition coefficient (Wildman–Crippen LogP) is 1.85. The highest BCUT2D eigenvalue weighted by atomic mass is 35.5. The van der Waals surface area contributed by atoms with Crippen molar-refractivity contribution in [2.75, 3.05) is 11.9 Å². The molecule has 0 unspecified atom stereocenters. The minimum absolute atomic E-state index is 0. The number of carbonyl (C=O) groups is 1. The molecule has 0 saturated heterocycles. The summed E-state index contributed by atoms with van der Waals surface area (Å²) in [6, 6.07) is 7.01. The molecule has 0 atom stereocenters. The molecule has 1 amide bonds. The molecule has 0 aliphatic heterocycles. The Morgan fingerprint density at radius 2 is 2.09 bits per heavy atom. The number of hydrogen-bond acceptors (Lipinski definition) is 6. The Morgan fingerprint density at radius 1 is 1.36 bits per heavy atom. The van der Waals surface area contributed by atoms with Crippen LogP contribution in [0.1, 0.15) is 30.5 Å². The van der Waals surface area contributed by atoms with Gasteiger partial charge < -0.3 is 20.3 Å². The van der Waals surface area contributed by atoms with E-state index in [1.807, 2.05) is 0 Å². The highest BCUT2D eigenvalue weighted by Crippen LogP contribution is 2.38. The second-order valence-corrected chi connectivity index (χ2v) is 4.89. The fraction of sp³-hybridized carbons (Fsp3) is 0.357. The molecule has 0 bridgehead atoms. The minimum Gasteiger partial charge on any atom is -0.485 e. The van der Waals surface area contributed by atoms with E-state index in [1.165, 1.54) is 0 Å². The van der Waals surface area contributed by atoms with Crippen LogP contribution in [-0.4, -0.2) is 22.6 Å². The van der Waals surface area contributed by atoms with Crippen LogP contribution in [0.2, 0.25) is 0 Å². The summed E-state index contributed by atoms with van der Waals surface area (Å²) < 4.78 is 10.7. The Morgan fingerprint density at radius 3 is 2.73 bits per heavy atom. The number of hydrogen-bond donors (Lipinski definition) is 2. The van der Waals surface area contributed by atoms with Crippen molar-refractivity contribution < 1.29 is 14.1 Å². The van der Waals surface area contributed by atoms with Gasteiger partial charge in [0.25, 0.3) is 0 Å². The van der Waals surface area contributed by atoms with Gasteiger partial charge in [-0.15, -0.1) is 12.4 Å². The van der Waals surface area contributed by atoms with Crippen LogP contribution in [0.15, 0.2) is 28.8 Å². The van der Waals surface area contributed by atoms with Crippen molar-refractivity contribution in [3.8, 4) is 5.75 Å². The van der Waals surface area contributed by atoms with Gasteiger partial charge in [-0.1, -0.05) is 5.16 Å². The van der Waals surface area contributed by atoms with Crippen molar-refractivity contribution in [3.63, 3.8) is 0 Å². The van der Waals surface area contributed by atoms with Crippen LogP contribution < -0.4 is 15.8 Å². The topological polar surface area (TPSA) is 103 Å². The first-order valence-corrected chi connectivity index (χ1v) is 6.80. The number of nitrogens with zero attached hydrogens (tertiary/aromatic N) is 2. The van der Waals surface area contributed by atoms with E-state index < -0.39 is 0 Å². The Bertz CT molecular complexity index is 625. The lowest BCUT2D eigenvalue weighted by molar-refractivity contribution is -0.114. The van der Waals surface area contributed by atoms with Crippen molar-refractivity contribution in [1.82, 2.24) is 10.1 Å². The molecule has 1 saturated carbocycles. The largest absolute Gasteiger partial charge is 0.485 e. The fourth-order valence-electron chi connectivity index (χ4n) is 1.82. The second-order valence-electron chi connectivity index (χ2n) is 4.89. The van der Waals surface area contributed by atoms with Gasteiger partial charge in [-0.2, -0.15) is 4.98 Å². The summed E-state index contributed by atoms with van der Waals surface area (Å²) in [5.74, 6) is 2.11. The van der Waals surface area contributed by atoms with Gasteiger partial charge in [-0.05, 0) is 37.1 Å². The maximum absolute atomic E-state index is 11.1. The van der Waals surface area contributed by atoms with Gasteiger partial charge in [0, 0.05) is 11.6 Å². The van der Waals surface area contributed by atoms with Gasteiger partial charge in [0.05, 0.1) is 6.54 Å². The molecule has 22 heavy (non-hydrogen) atoms. The van der Waals surface area contributed by atoms with E-state index in [1.54, 1.807) is 24.3 Å². The van der Waals surface area contributed by atoms with Crippen LogP contribution in [0.3, 0.4) is 0 Å². The molecule has 1 fully saturated rings. The Labute approximate surface area is 133 Å². The zero-order valence-electron chi connectivity index (χ0n) is 11.8. The first kappa shape index (κ1) is 16.3. The average Bonchev–Trinajstić information content (AvgIpc) is 3.25. The lowest BCUT2D eigenvalue weighted by Gasteiger charge is -2.06. The molecule has 3 N–H and O–H groups in total. The monoisotopic (exact) mass is 324 g/mol.